The molecule has 1 aliphatic heterocycles. The molecule has 2 aromatic rings. The predicted octanol–water partition coefficient (Wildman–Crippen LogP) is 1.05. The van der Waals surface area contributed by atoms with E-state index in [4.69, 9.17) is 11.5 Å². The molecule has 1 aromatic carbocycles. The summed E-state index contributed by atoms with van der Waals surface area (Å²) in [7, 11) is 0. The SMILES string of the molecule is NC(N)=NC(=O)NCc1cccc(-c2cnc(NCCCN3CCCC3=O)nc2)c1. The molecule has 30 heavy (non-hydrogen) atoms. The van der Waals surface area contributed by atoms with Gasteiger partial charge in [-0.3, -0.25) is 4.79 Å². The van der Waals surface area contributed by atoms with Crippen LogP contribution in [0, 0.1) is 0 Å². The number of carbonyl (C=O) groups excluding carboxylic acids is 2. The van der Waals surface area contributed by atoms with E-state index in [9.17, 15) is 9.59 Å². The van der Waals surface area contributed by atoms with E-state index >= 15 is 0 Å². The zero-order chi connectivity index (χ0) is 21.3. The second-order valence-corrected chi connectivity index (χ2v) is 6.96. The minimum absolute atomic E-state index is 0.244. The molecule has 3 amide bonds. The Hall–Kier alpha value is -3.69. The predicted molar refractivity (Wildman–Crippen MR) is 114 cm³/mol. The Morgan fingerprint density at radius 3 is 2.70 bits per heavy atom. The first-order chi connectivity index (χ1) is 14.5. The number of nitrogens with one attached hydrogen (secondary N) is 2. The van der Waals surface area contributed by atoms with E-state index in [0.29, 0.717) is 25.5 Å². The minimum Gasteiger partial charge on any atom is -0.370 e. The quantitative estimate of drug-likeness (QED) is 0.288. The average Bonchev–Trinajstić information content (AvgIpc) is 3.14. The minimum atomic E-state index is -0.590. The Morgan fingerprint density at radius 2 is 2.00 bits per heavy atom. The van der Waals surface area contributed by atoms with Crippen LogP contribution in [0.2, 0.25) is 0 Å². The standard InChI is InChI=1S/C20H26N8O2/c21-18(22)27-20(30)26-11-14-4-1-5-15(10-14)16-12-24-19(25-13-16)23-7-3-9-28-8-2-6-17(28)29/h1,4-5,10,12-13H,2-3,6-9,11H2,(H,23,24,25)(H5,21,22,26,27,30). The molecule has 0 saturated carbocycles. The Balaban J connectivity index is 1.49. The number of hydrogen-bond donors (Lipinski definition) is 4. The van der Waals surface area contributed by atoms with Crippen LogP contribution in [0.3, 0.4) is 0 Å². The summed E-state index contributed by atoms with van der Waals surface area (Å²) in [4.78, 5) is 37.1. The van der Waals surface area contributed by atoms with Crippen LogP contribution < -0.4 is 22.1 Å². The van der Waals surface area contributed by atoms with Gasteiger partial charge in [0, 0.05) is 50.6 Å². The molecular weight excluding hydrogens is 384 g/mol. The zero-order valence-corrected chi connectivity index (χ0v) is 16.7. The molecule has 10 heteroatoms. The first-order valence-electron chi connectivity index (χ1n) is 9.82. The molecule has 158 valence electrons. The van der Waals surface area contributed by atoms with Gasteiger partial charge in [-0.2, -0.15) is 4.99 Å². The van der Waals surface area contributed by atoms with Crippen molar-refractivity contribution in [1.82, 2.24) is 20.2 Å². The summed E-state index contributed by atoms with van der Waals surface area (Å²) in [5.74, 6) is 0.512. The van der Waals surface area contributed by atoms with Crippen LogP contribution in [0.15, 0.2) is 41.7 Å². The summed E-state index contributed by atoms with van der Waals surface area (Å²) in [6, 6.07) is 7.08. The molecule has 1 saturated heterocycles. The lowest BCUT2D eigenvalue weighted by molar-refractivity contribution is -0.127. The highest BCUT2D eigenvalue weighted by Gasteiger charge is 2.18. The van der Waals surface area contributed by atoms with Crippen molar-refractivity contribution in [3.05, 3.63) is 42.2 Å². The highest BCUT2D eigenvalue weighted by molar-refractivity contribution is 5.90. The third-order valence-electron chi connectivity index (χ3n) is 4.65. The van der Waals surface area contributed by atoms with Gasteiger partial charge in [-0.25, -0.2) is 14.8 Å². The van der Waals surface area contributed by atoms with Crippen molar-refractivity contribution in [2.45, 2.75) is 25.8 Å². The molecule has 3 rings (SSSR count). The molecule has 0 radical (unpaired) electrons. The number of rotatable bonds is 8. The number of urea groups is 1. The van der Waals surface area contributed by atoms with E-state index in [1.807, 2.05) is 29.2 Å². The molecule has 0 unspecified atom stereocenters. The number of amides is 3. The van der Waals surface area contributed by atoms with Crippen LogP contribution in [-0.4, -0.2) is 52.4 Å². The van der Waals surface area contributed by atoms with Gasteiger partial charge in [0.25, 0.3) is 0 Å². The lowest BCUT2D eigenvalue weighted by atomic mass is 10.1. The normalized spacial score (nSPS) is 13.2. The van der Waals surface area contributed by atoms with Gasteiger partial charge in [0.15, 0.2) is 5.96 Å². The summed E-state index contributed by atoms with van der Waals surface area (Å²) in [5, 5.41) is 5.80. The lowest BCUT2D eigenvalue weighted by Gasteiger charge is -2.15. The molecule has 10 nitrogen and oxygen atoms in total. The third kappa shape index (κ3) is 6.16. The molecule has 1 aromatic heterocycles. The molecule has 0 spiro atoms. The smallest absolute Gasteiger partial charge is 0.344 e. The molecule has 0 atom stereocenters. The van der Waals surface area contributed by atoms with Gasteiger partial charge < -0.3 is 27.0 Å². The molecule has 2 heterocycles. The van der Waals surface area contributed by atoms with Crippen LogP contribution in [-0.2, 0) is 11.3 Å². The largest absolute Gasteiger partial charge is 0.370 e. The third-order valence-corrected chi connectivity index (χ3v) is 4.65. The van der Waals surface area contributed by atoms with Crippen LogP contribution in [0.5, 0.6) is 0 Å². The molecule has 0 aliphatic carbocycles. The Morgan fingerprint density at radius 1 is 1.20 bits per heavy atom. The fourth-order valence-electron chi connectivity index (χ4n) is 3.17. The van der Waals surface area contributed by atoms with Gasteiger partial charge >= 0.3 is 6.03 Å². The van der Waals surface area contributed by atoms with Crippen molar-refractivity contribution in [2.24, 2.45) is 16.5 Å². The van der Waals surface area contributed by atoms with Gasteiger partial charge in [-0.05, 0) is 30.0 Å². The van der Waals surface area contributed by atoms with Crippen molar-refractivity contribution < 1.29 is 9.59 Å². The van der Waals surface area contributed by atoms with Gasteiger partial charge in [-0.1, -0.05) is 18.2 Å². The summed E-state index contributed by atoms with van der Waals surface area (Å²) in [5.41, 5.74) is 13.0. The zero-order valence-electron chi connectivity index (χ0n) is 16.7. The van der Waals surface area contributed by atoms with Gasteiger partial charge in [0.2, 0.25) is 11.9 Å². The number of likely N-dealkylation sites (tertiary alicyclic amines) is 1. The highest BCUT2D eigenvalue weighted by atomic mass is 16.2. The Labute approximate surface area is 174 Å². The topological polar surface area (TPSA) is 152 Å². The number of aliphatic imine (C=N–C) groups is 1. The van der Waals surface area contributed by atoms with Crippen molar-refractivity contribution in [3.8, 4) is 11.1 Å². The van der Waals surface area contributed by atoms with E-state index in [-0.39, 0.29) is 11.9 Å². The number of aromatic nitrogens is 2. The summed E-state index contributed by atoms with van der Waals surface area (Å²) < 4.78 is 0. The van der Waals surface area contributed by atoms with E-state index < -0.39 is 6.03 Å². The van der Waals surface area contributed by atoms with Crippen LogP contribution in [0.25, 0.3) is 11.1 Å². The monoisotopic (exact) mass is 410 g/mol. The van der Waals surface area contributed by atoms with E-state index in [2.05, 4.69) is 25.6 Å². The maximum atomic E-state index is 11.6. The Kier molecular flexibility index (Phi) is 7.14. The molecule has 1 aliphatic rings. The van der Waals surface area contributed by atoms with Crippen LogP contribution in [0.1, 0.15) is 24.8 Å². The number of anilines is 1. The number of hydrogen-bond acceptors (Lipinski definition) is 5. The number of guanidine groups is 1. The molecular formula is C20H26N8O2. The van der Waals surface area contributed by atoms with E-state index in [1.165, 1.54) is 0 Å². The van der Waals surface area contributed by atoms with Crippen molar-refractivity contribution in [3.63, 3.8) is 0 Å². The summed E-state index contributed by atoms with van der Waals surface area (Å²) in [6.45, 7) is 2.62. The first-order valence-corrected chi connectivity index (χ1v) is 9.82. The fourth-order valence-corrected chi connectivity index (χ4v) is 3.17. The number of nitrogens with two attached hydrogens (primary N) is 2. The maximum Gasteiger partial charge on any atom is 0.344 e. The maximum absolute atomic E-state index is 11.6. The lowest BCUT2D eigenvalue weighted by Crippen LogP contribution is -2.28. The van der Waals surface area contributed by atoms with Crippen LogP contribution >= 0.6 is 0 Å². The molecule has 0 bridgehead atoms. The Bertz CT molecular complexity index is 909. The van der Waals surface area contributed by atoms with E-state index in [0.717, 1.165) is 42.6 Å². The first kappa shape index (κ1) is 21.0. The van der Waals surface area contributed by atoms with Crippen molar-refractivity contribution >= 4 is 23.8 Å². The number of carbonyl (C=O) groups is 2. The van der Waals surface area contributed by atoms with E-state index in [1.54, 1.807) is 12.4 Å². The fraction of sp³-hybridized carbons (Fsp3) is 0.350. The number of nitrogens with zero attached hydrogens (tertiary/aromatic N) is 4. The van der Waals surface area contributed by atoms with Crippen molar-refractivity contribution in [2.75, 3.05) is 25.0 Å². The molecule has 6 N–H and O–H groups in total. The second-order valence-electron chi connectivity index (χ2n) is 6.96. The van der Waals surface area contributed by atoms with Gasteiger partial charge in [-0.15, -0.1) is 0 Å². The molecule has 1 fully saturated rings. The van der Waals surface area contributed by atoms with Gasteiger partial charge in [0.1, 0.15) is 0 Å². The summed E-state index contributed by atoms with van der Waals surface area (Å²) >= 11 is 0. The van der Waals surface area contributed by atoms with Crippen molar-refractivity contribution in [1.29, 1.82) is 0 Å². The van der Waals surface area contributed by atoms with Crippen LogP contribution in [0.4, 0.5) is 10.7 Å². The van der Waals surface area contributed by atoms with Gasteiger partial charge in [0.05, 0.1) is 0 Å². The summed E-state index contributed by atoms with van der Waals surface area (Å²) in [6.07, 6.45) is 5.97. The average molecular weight is 410 g/mol. The highest BCUT2D eigenvalue weighted by Crippen LogP contribution is 2.19. The second kappa shape index (κ2) is 10.2. The number of benzene rings is 1.